The van der Waals surface area contributed by atoms with E-state index in [-0.39, 0.29) is 6.61 Å². The largest absolute Gasteiger partial charge is 0.468 e. The Morgan fingerprint density at radius 1 is 1.59 bits per heavy atom. The van der Waals surface area contributed by atoms with Crippen molar-refractivity contribution in [2.45, 2.75) is 38.4 Å². The summed E-state index contributed by atoms with van der Waals surface area (Å²) >= 11 is 0. The number of hydrogen-bond donors (Lipinski definition) is 2. The predicted molar refractivity (Wildman–Crippen MR) is 66.7 cm³/mol. The summed E-state index contributed by atoms with van der Waals surface area (Å²) < 4.78 is 5.41. The molecule has 17 heavy (non-hydrogen) atoms. The summed E-state index contributed by atoms with van der Waals surface area (Å²) in [5.74, 6) is 1.00. The number of furan rings is 1. The van der Waals surface area contributed by atoms with Gasteiger partial charge in [0.05, 0.1) is 12.8 Å². The Hall–Kier alpha value is -0.840. The van der Waals surface area contributed by atoms with Crippen LogP contribution < -0.4 is 5.32 Å². The zero-order valence-corrected chi connectivity index (χ0v) is 10.4. The van der Waals surface area contributed by atoms with Gasteiger partial charge in [-0.2, -0.15) is 0 Å². The quantitative estimate of drug-likeness (QED) is 0.828. The number of hydrogen-bond acceptors (Lipinski definition) is 4. The van der Waals surface area contributed by atoms with E-state index in [0.29, 0.717) is 12.1 Å². The summed E-state index contributed by atoms with van der Waals surface area (Å²) in [6.45, 7) is 5.30. The molecule has 1 saturated heterocycles. The van der Waals surface area contributed by atoms with E-state index in [9.17, 15) is 0 Å². The van der Waals surface area contributed by atoms with Crippen molar-refractivity contribution in [2.75, 3.05) is 19.7 Å². The van der Waals surface area contributed by atoms with Gasteiger partial charge in [0.25, 0.3) is 0 Å². The van der Waals surface area contributed by atoms with Crippen molar-refractivity contribution in [3.63, 3.8) is 0 Å². The van der Waals surface area contributed by atoms with Crippen molar-refractivity contribution >= 4 is 0 Å². The zero-order chi connectivity index (χ0) is 12.1. The Bertz CT molecular complexity index is 313. The van der Waals surface area contributed by atoms with Crippen molar-refractivity contribution in [1.82, 2.24) is 10.2 Å². The van der Waals surface area contributed by atoms with Crippen molar-refractivity contribution in [3.8, 4) is 0 Å². The maximum absolute atomic E-state index is 9.14. The van der Waals surface area contributed by atoms with E-state index < -0.39 is 0 Å². The van der Waals surface area contributed by atoms with Crippen molar-refractivity contribution in [2.24, 2.45) is 0 Å². The van der Waals surface area contributed by atoms with Crippen molar-refractivity contribution in [3.05, 3.63) is 24.2 Å². The van der Waals surface area contributed by atoms with Gasteiger partial charge in [-0.05, 0) is 31.9 Å². The van der Waals surface area contributed by atoms with E-state index in [1.807, 2.05) is 12.1 Å². The minimum absolute atomic E-state index is 0.245. The third kappa shape index (κ3) is 3.56. The van der Waals surface area contributed by atoms with E-state index in [1.54, 1.807) is 6.26 Å². The summed E-state index contributed by atoms with van der Waals surface area (Å²) in [4.78, 5) is 2.41. The lowest BCUT2D eigenvalue weighted by Gasteiger charge is -2.28. The van der Waals surface area contributed by atoms with Crippen LogP contribution >= 0.6 is 0 Å². The van der Waals surface area contributed by atoms with Crippen LogP contribution in [0.25, 0.3) is 0 Å². The Balaban J connectivity index is 1.99. The van der Waals surface area contributed by atoms with Crippen LogP contribution in [0.15, 0.2) is 22.8 Å². The molecule has 0 bridgehead atoms. The third-order valence-electron chi connectivity index (χ3n) is 3.47. The van der Waals surface area contributed by atoms with Crippen LogP contribution in [0.5, 0.6) is 0 Å². The highest BCUT2D eigenvalue weighted by Crippen LogP contribution is 2.15. The smallest absolute Gasteiger partial charge is 0.117 e. The Labute approximate surface area is 103 Å². The number of nitrogens with zero attached hydrogens (tertiary/aromatic N) is 1. The normalized spacial score (nSPS) is 26.9. The van der Waals surface area contributed by atoms with Crippen LogP contribution in [0.4, 0.5) is 0 Å². The molecule has 2 N–H and O–H groups in total. The van der Waals surface area contributed by atoms with Crippen LogP contribution in [0, 0.1) is 0 Å². The molecule has 4 nitrogen and oxygen atoms in total. The van der Waals surface area contributed by atoms with Crippen LogP contribution in [-0.4, -0.2) is 41.8 Å². The van der Waals surface area contributed by atoms with E-state index in [0.717, 1.165) is 38.2 Å². The molecule has 1 aromatic heterocycles. The molecule has 0 aromatic carbocycles. The van der Waals surface area contributed by atoms with E-state index in [4.69, 9.17) is 9.52 Å². The van der Waals surface area contributed by atoms with Crippen LogP contribution in [-0.2, 0) is 6.54 Å². The second-order valence-corrected chi connectivity index (χ2v) is 4.81. The zero-order valence-electron chi connectivity index (χ0n) is 10.4. The Morgan fingerprint density at radius 3 is 3.18 bits per heavy atom. The predicted octanol–water partition coefficient (Wildman–Crippen LogP) is 1.21. The minimum Gasteiger partial charge on any atom is -0.468 e. The molecule has 0 aliphatic carbocycles. The van der Waals surface area contributed by atoms with Crippen LogP contribution in [0.2, 0.25) is 0 Å². The fourth-order valence-electron chi connectivity index (χ4n) is 2.35. The molecule has 1 aliphatic rings. The molecular formula is C13H22N2O2. The first-order chi connectivity index (χ1) is 8.29. The fraction of sp³-hybridized carbons (Fsp3) is 0.692. The maximum Gasteiger partial charge on any atom is 0.117 e. The molecule has 4 heteroatoms. The molecule has 1 aromatic rings. The molecule has 96 valence electrons. The molecule has 0 radical (unpaired) electrons. The molecule has 1 aliphatic heterocycles. The molecule has 0 amide bonds. The highest BCUT2D eigenvalue weighted by Gasteiger charge is 2.23. The minimum atomic E-state index is 0.245. The molecule has 2 atom stereocenters. The van der Waals surface area contributed by atoms with Gasteiger partial charge >= 0.3 is 0 Å². The number of aliphatic hydroxyl groups is 1. The van der Waals surface area contributed by atoms with Gasteiger partial charge in [-0.1, -0.05) is 0 Å². The average molecular weight is 238 g/mol. The first-order valence-electron chi connectivity index (χ1n) is 6.40. The van der Waals surface area contributed by atoms with Crippen LogP contribution in [0.3, 0.4) is 0 Å². The second-order valence-electron chi connectivity index (χ2n) is 4.81. The monoisotopic (exact) mass is 238 g/mol. The topological polar surface area (TPSA) is 48.6 Å². The number of rotatable bonds is 4. The van der Waals surface area contributed by atoms with Gasteiger partial charge in [0.15, 0.2) is 0 Å². The van der Waals surface area contributed by atoms with Gasteiger partial charge < -0.3 is 14.8 Å². The molecule has 2 rings (SSSR count). The Morgan fingerprint density at radius 2 is 2.47 bits per heavy atom. The van der Waals surface area contributed by atoms with Crippen LogP contribution in [0.1, 0.15) is 25.5 Å². The molecule has 0 spiro atoms. The number of nitrogens with one attached hydrogen (secondary N) is 1. The molecule has 2 unspecified atom stereocenters. The van der Waals surface area contributed by atoms with E-state index in [2.05, 4.69) is 17.1 Å². The van der Waals surface area contributed by atoms with Gasteiger partial charge in [0.2, 0.25) is 0 Å². The van der Waals surface area contributed by atoms with Gasteiger partial charge in [-0.15, -0.1) is 0 Å². The van der Waals surface area contributed by atoms with E-state index in [1.165, 1.54) is 0 Å². The SMILES string of the molecule is CC1CCN(Cc2ccco2)C(CCO)CN1. The maximum atomic E-state index is 9.14. The first-order valence-corrected chi connectivity index (χ1v) is 6.40. The second kappa shape index (κ2) is 6.19. The highest BCUT2D eigenvalue weighted by molar-refractivity contribution is 4.99. The lowest BCUT2D eigenvalue weighted by atomic mass is 10.1. The summed E-state index contributed by atoms with van der Waals surface area (Å²) in [6, 6.07) is 4.89. The molecular weight excluding hydrogens is 216 g/mol. The lowest BCUT2D eigenvalue weighted by molar-refractivity contribution is 0.150. The molecule has 2 heterocycles. The van der Waals surface area contributed by atoms with Gasteiger partial charge in [-0.3, -0.25) is 4.90 Å². The summed E-state index contributed by atoms with van der Waals surface area (Å²) in [5.41, 5.74) is 0. The van der Waals surface area contributed by atoms with E-state index >= 15 is 0 Å². The lowest BCUT2D eigenvalue weighted by Crippen LogP contribution is -2.40. The van der Waals surface area contributed by atoms with Crippen molar-refractivity contribution in [1.29, 1.82) is 0 Å². The van der Waals surface area contributed by atoms with Gasteiger partial charge in [-0.25, -0.2) is 0 Å². The molecule has 0 saturated carbocycles. The average Bonchev–Trinajstić information content (AvgIpc) is 2.76. The number of aliphatic hydroxyl groups excluding tert-OH is 1. The van der Waals surface area contributed by atoms with Gasteiger partial charge in [0, 0.05) is 31.8 Å². The third-order valence-corrected chi connectivity index (χ3v) is 3.47. The summed E-state index contributed by atoms with van der Waals surface area (Å²) in [5, 5.41) is 12.6. The molecule has 1 fully saturated rings. The fourth-order valence-corrected chi connectivity index (χ4v) is 2.35. The Kier molecular flexibility index (Phi) is 4.59. The first kappa shape index (κ1) is 12.6. The van der Waals surface area contributed by atoms with Gasteiger partial charge in [0.1, 0.15) is 5.76 Å². The summed E-state index contributed by atoms with van der Waals surface area (Å²) in [6.07, 6.45) is 3.68. The highest BCUT2D eigenvalue weighted by atomic mass is 16.3. The standard InChI is InChI=1S/C13H22N2O2/c1-11-4-6-15(10-13-3-2-8-17-13)12(5-7-16)9-14-11/h2-3,8,11-12,14,16H,4-7,9-10H2,1H3. The van der Waals surface area contributed by atoms with Crippen molar-refractivity contribution < 1.29 is 9.52 Å². The summed E-state index contributed by atoms with van der Waals surface area (Å²) in [7, 11) is 0.